The molecule has 7 nitrogen and oxygen atoms in total. The van der Waals surface area contributed by atoms with Crippen molar-refractivity contribution in [3.05, 3.63) is 60.2 Å². The largest absolute Gasteiger partial charge is 0.497 e. The second kappa shape index (κ2) is 10.1. The molecule has 8 heteroatoms. The molecule has 1 aliphatic heterocycles. The molecule has 0 atom stereocenters. The molecule has 3 rings (SSSR count). The van der Waals surface area contributed by atoms with Gasteiger partial charge in [-0.1, -0.05) is 37.3 Å². The molecular formula is C22H29N3O4S. The normalized spacial score (nSPS) is 15.4. The van der Waals surface area contributed by atoms with Gasteiger partial charge in [-0.2, -0.15) is 4.31 Å². The van der Waals surface area contributed by atoms with E-state index >= 15 is 0 Å². The van der Waals surface area contributed by atoms with Crippen LogP contribution in [0.1, 0.15) is 12.5 Å². The predicted octanol–water partition coefficient (Wildman–Crippen LogP) is 2.05. The minimum atomic E-state index is -3.85. The van der Waals surface area contributed by atoms with Crippen LogP contribution in [0.2, 0.25) is 0 Å². The van der Waals surface area contributed by atoms with Crippen molar-refractivity contribution >= 4 is 15.9 Å². The molecule has 1 amide bonds. The van der Waals surface area contributed by atoms with Gasteiger partial charge in [-0.25, -0.2) is 8.42 Å². The van der Waals surface area contributed by atoms with E-state index < -0.39 is 10.0 Å². The van der Waals surface area contributed by atoms with Gasteiger partial charge in [-0.15, -0.1) is 0 Å². The van der Waals surface area contributed by atoms with Crippen LogP contribution < -0.4 is 4.74 Å². The highest BCUT2D eigenvalue weighted by Gasteiger charge is 2.30. The van der Waals surface area contributed by atoms with Crippen LogP contribution in [0.3, 0.4) is 0 Å². The van der Waals surface area contributed by atoms with E-state index in [1.165, 1.54) is 23.5 Å². The molecule has 1 fully saturated rings. The van der Waals surface area contributed by atoms with E-state index in [2.05, 4.69) is 11.8 Å². The lowest BCUT2D eigenvalue weighted by molar-refractivity contribution is -0.133. The summed E-state index contributed by atoms with van der Waals surface area (Å²) in [5.41, 5.74) is 0.832. The first-order chi connectivity index (χ1) is 14.4. The summed E-state index contributed by atoms with van der Waals surface area (Å²) >= 11 is 0. The second-order valence-electron chi connectivity index (χ2n) is 7.25. The third-order valence-corrected chi connectivity index (χ3v) is 7.19. The number of amides is 1. The summed E-state index contributed by atoms with van der Waals surface area (Å²) in [6.45, 7) is 5.86. The van der Waals surface area contributed by atoms with Gasteiger partial charge >= 0.3 is 0 Å². The van der Waals surface area contributed by atoms with Crippen molar-refractivity contribution in [2.45, 2.75) is 18.4 Å². The first kappa shape index (κ1) is 22.3. The first-order valence-electron chi connectivity index (χ1n) is 10.1. The van der Waals surface area contributed by atoms with Gasteiger partial charge in [-0.3, -0.25) is 4.79 Å². The van der Waals surface area contributed by atoms with E-state index in [0.29, 0.717) is 18.8 Å². The minimum absolute atomic E-state index is 0.135. The smallest absolute Gasteiger partial charge is 0.243 e. The lowest BCUT2D eigenvalue weighted by atomic mass is 10.2. The van der Waals surface area contributed by atoms with E-state index in [-0.39, 0.29) is 23.9 Å². The molecule has 0 aromatic heterocycles. The average Bonchev–Trinajstić information content (AvgIpc) is 2.79. The summed E-state index contributed by atoms with van der Waals surface area (Å²) in [5, 5.41) is 0. The van der Waals surface area contributed by atoms with Crippen molar-refractivity contribution in [3.8, 4) is 5.75 Å². The maximum Gasteiger partial charge on any atom is 0.243 e. The average molecular weight is 432 g/mol. The molecule has 0 saturated carbocycles. The SMILES string of the molecule is CCN1CCN(C(=O)CN(Cc2ccccc2)S(=O)(=O)c2ccc(OC)cc2)CC1. The molecular weight excluding hydrogens is 402 g/mol. The molecule has 0 N–H and O–H groups in total. The Labute approximate surface area is 178 Å². The number of nitrogens with zero attached hydrogens (tertiary/aromatic N) is 3. The Balaban J connectivity index is 1.81. The topological polar surface area (TPSA) is 70.2 Å². The number of likely N-dealkylation sites (N-methyl/N-ethyl adjacent to an activating group) is 1. The number of ether oxygens (including phenoxy) is 1. The van der Waals surface area contributed by atoms with Crippen molar-refractivity contribution in [2.75, 3.05) is 46.4 Å². The zero-order valence-electron chi connectivity index (χ0n) is 17.5. The number of benzene rings is 2. The van der Waals surface area contributed by atoms with E-state index in [9.17, 15) is 13.2 Å². The Bertz CT molecular complexity index is 925. The molecule has 0 bridgehead atoms. The molecule has 162 valence electrons. The molecule has 30 heavy (non-hydrogen) atoms. The van der Waals surface area contributed by atoms with Gasteiger partial charge in [0.05, 0.1) is 18.6 Å². The Morgan fingerprint density at radius 1 is 1.00 bits per heavy atom. The monoisotopic (exact) mass is 431 g/mol. The zero-order chi connectivity index (χ0) is 21.6. The Morgan fingerprint density at radius 3 is 2.20 bits per heavy atom. The molecule has 0 aliphatic carbocycles. The number of hydrogen-bond acceptors (Lipinski definition) is 5. The van der Waals surface area contributed by atoms with Gasteiger partial charge in [0.25, 0.3) is 0 Å². The summed E-state index contributed by atoms with van der Waals surface area (Å²) in [6, 6.07) is 15.6. The van der Waals surface area contributed by atoms with Crippen LogP contribution in [0.4, 0.5) is 0 Å². The summed E-state index contributed by atoms with van der Waals surface area (Å²) in [7, 11) is -2.32. The lowest BCUT2D eigenvalue weighted by Gasteiger charge is -2.35. The van der Waals surface area contributed by atoms with Crippen LogP contribution in [0, 0.1) is 0 Å². The van der Waals surface area contributed by atoms with Crippen LogP contribution in [0.25, 0.3) is 0 Å². The molecule has 0 radical (unpaired) electrons. The Hall–Kier alpha value is -2.42. The quantitative estimate of drug-likeness (QED) is 0.640. The summed E-state index contributed by atoms with van der Waals surface area (Å²) in [4.78, 5) is 17.1. The number of carbonyl (C=O) groups is 1. The standard InChI is InChI=1S/C22H29N3O4S/c1-3-23-13-15-24(16-14-23)22(26)18-25(17-19-7-5-4-6-8-19)30(27,28)21-11-9-20(29-2)10-12-21/h4-12H,3,13-18H2,1-2H3. The Kier molecular flexibility index (Phi) is 7.47. The van der Waals surface area contributed by atoms with Crippen molar-refractivity contribution in [2.24, 2.45) is 0 Å². The van der Waals surface area contributed by atoms with E-state index in [0.717, 1.165) is 25.2 Å². The highest BCUT2D eigenvalue weighted by molar-refractivity contribution is 7.89. The molecule has 1 heterocycles. The van der Waals surface area contributed by atoms with Gasteiger partial charge in [0.1, 0.15) is 5.75 Å². The maximum atomic E-state index is 13.4. The van der Waals surface area contributed by atoms with Crippen LogP contribution in [-0.2, 0) is 21.4 Å². The Morgan fingerprint density at radius 2 is 1.63 bits per heavy atom. The van der Waals surface area contributed by atoms with E-state index in [4.69, 9.17) is 4.74 Å². The number of methoxy groups -OCH3 is 1. The minimum Gasteiger partial charge on any atom is -0.497 e. The highest BCUT2D eigenvalue weighted by Crippen LogP contribution is 2.21. The van der Waals surface area contributed by atoms with Crippen molar-refractivity contribution in [1.82, 2.24) is 14.1 Å². The van der Waals surface area contributed by atoms with Gasteiger partial charge in [0.15, 0.2) is 0 Å². The van der Waals surface area contributed by atoms with Gasteiger partial charge in [0.2, 0.25) is 15.9 Å². The number of piperazine rings is 1. The fraction of sp³-hybridized carbons (Fsp3) is 0.409. The molecule has 2 aromatic rings. The van der Waals surface area contributed by atoms with Gasteiger partial charge in [-0.05, 0) is 36.4 Å². The van der Waals surface area contributed by atoms with Crippen molar-refractivity contribution in [3.63, 3.8) is 0 Å². The number of hydrogen-bond donors (Lipinski definition) is 0. The van der Waals surface area contributed by atoms with Crippen LogP contribution in [0.15, 0.2) is 59.5 Å². The maximum absolute atomic E-state index is 13.4. The molecule has 2 aromatic carbocycles. The summed E-state index contributed by atoms with van der Waals surface area (Å²) in [5.74, 6) is 0.409. The van der Waals surface area contributed by atoms with Crippen molar-refractivity contribution in [1.29, 1.82) is 0 Å². The predicted molar refractivity (Wildman–Crippen MR) is 116 cm³/mol. The zero-order valence-corrected chi connectivity index (χ0v) is 18.3. The molecule has 1 saturated heterocycles. The van der Waals surface area contributed by atoms with E-state index in [1.54, 1.807) is 17.0 Å². The van der Waals surface area contributed by atoms with Gasteiger partial charge < -0.3 is 14.5 Å². The second-order valence-corrected chi connectivity index (χ2v) is 9.19. The number of carbonyl (C=O) groups excluding carboxylic acids is 1. The van der Waals surface area contributed by atoms with Crippen LogP contribution in [0.5, 0.6) is 5.75 Å². The molecule has 1 aliphatic rings. The van der Waals surface area contributed by atoms with Crippen molar-refractivity contribution < 1.29 is 17.9 Å². The molecule has 0 spiro atoms. The molecule has 0 unspecified atom stereocenters. The number of sulfonamides is 1. The fourth-order valence-corrected chi connectivity index (χ4v) is 4.85. The third-order valence-electron chi connectivity index (χ3n) is 5.38. The summed E-state index contributed by atoms with van der Waals surface area (Å²) < 4.78 is 33.1. The lowest BCUT2D eigenvalue weighted by Crippen LogP contribution is -2.51. The number of rotatable bonds is 8. The van der Waals surface area contributed by atoms with Gasteiger partial charge in [0, 0.05) is 32.7 Å². The third kappa shape index (κ3) is 5.38. The first-order valence-corrected chi connectivity index (χ1v) is 11.6. The van der Waals surface area contributed by atoms with E-state index in [1.807, 2.05) is 30.3 Å². The van der Waals surface area contributed by atoms with Crippen LogP contribution in [-0.4, -0.2) is 74.8 Å². The van der Waals surface area contributed by atoms with Crippen LogP contribution >= 0.6 is 0 Å². The fourth-order valence-electron chi connectivity index (χ4n) is 3.47. The summed E-state index contributed by atoms with van der Waals surface area (Å²) in [6.07, 6.45) is 0. The highest BCUT2D eigenvalue weighted by atomic mass is 32.2.